The molecule has 0 saturated heterocycles. The molecule has 0 unspecified atom stereocenters. The van der Waals surface area contributed by atoms with E-state index in [9.17, 15) is 14.7 Å². The van der Waals surface area contributed by atoms with E-state index in [-0.39, 0.29) is 23.3 Å². The van der Waals surface area contributed by atoms with Gasteiger partial charge in [0.2, 0.25) is 0 Å². The van der Waals surface area contributed by atoms with Crippen molar-refractivity contribution < 1.29 is 14.7 Å². The van der Waals surface area contributed by atoms with Gasteiger partial charge in [0.15, 0.2) is 0 Å². The number of carbonyl (C=O) groups excluding carboxylic acids is 2. The molecule has 3 N–H and O–H groups in total. The first-order chi connectivity index (χ1) is 11.6. The maximum atomic E-state index is 12.4. The van der Waals surface area contributed by atoms with E-state index in [4.69, 9.17) is 0 Å². The van der Waals surface area contributed by atoms with Crippen molar-refractivity contribution in [3.8, 4) is 5.75 Å². The monoisotopic (exact) mass is 322 g/mol. The highest BCUT2D eigenvalue weighted by atomic mass is 16.3. The third-order valence-corrected chi connectivity index (χ3v) is 4.11. The normalized spacial score (nSPS) is 14.7. The lowest BCUT2D eigenvalue weighted by Gasteiger charge is -2.14. The molecule has 0 spiro atoms. The van der Waals surface area contributed by atoms with Gasteiger partial charge in [-0.25, -0.2) is 0 Å². The molecule has 24 heavy (non-hydrogen) atoms. The molecule has 0 bridgehead atoms. The summed E-state index contributed by atoms with van der Waals surface area (Å²) in [6, 6.07) is 14.0. The van der Waals surface area contributed by atoms with E-state index < -0.39 is 0 Å². The Balaban J connectivity index is 2.04. The number of phenols is 1. The van der Waals surface area contributed by atoms with Gasteiger partial charge < -0.3 is 15.7 Å². The fourth-order valence-electron chi connectivity index (χ4n) is 2.95. The highest BCUT2D eigenvalue weighted by Gasteiger charge is 2.26. The summed E-state index contributed by atoms with van der Waals surface area (Å²) < 4.78 is 0. The number of hydrogen-bond acceptors (Lipinski definition) is 3. The topological polar surface area (TPSA) is 78.4 Å². The van der Waals surface area contributed by atoms with Crippen LogP contribution in [-0.4, -0.2) is 24.0 Å². The Morgan fingerprint density at radius 3 is 2.46 bits per heavy atom. The van der Waals surface area contributed by atoms with Crippen LogP contribution in [0, 0.1) is 0 Å². The molecule has 2 aromatic rings. The number of rotatable bonds is 3. The highest BCUT2D eigenvalue weighted by Crippen LogP contribution is 2.39. The molecule has 5 heteroatoms. The molecular formula is C19H18N2O3. The summed E-state index contributed by atoms with van der Waals surface area (Å²) in [7, 11) is 1.51. The van der Waals surface area contributed by atoms with Gasteiger partial charge in [0, 0.05) is 18.2 Å². The summed E-state index contributed by atoms with van der Waals surface area (Å²) in [6.07, 6.45) is 1.31. The van der Waals surface area contributed by atoms with E-state index in [0.29, 0.717) is 23.1 Å². The maximum absolute atomic E-state index is 12.4. The summed E-state index contributed by atoms with van der Waals surface area (Å²) in [5.74, 6) is -0.619. The molecule has 0 radical (unpaired) electrons. The second-order valence-corrected chi connectivity index (χ2v) is 5.56. The second kappa shape index (κ2) is 6.58. The van der Waals surface area contributed by atoms with Crippen molar-refractivity contribution in [1.82, 2.24) is 10.6 Å². The van der Waals surface area contributed by atoms with Crippen LogP contribution in [0.3, 0.4) is 0 Å². The molecular weight excluding hydrogens is 304 g/mol. The number of phenolic OH excluding ortho intramolecular Hbond substituents is 1. The molecule has 1 aliphatic rings. The van der Waals surface area contributed by atoms with Crippen molar-refractivity contribution in [3.63, 3.8) is 0 Å². The van der Waals surface area contributed by atoms with Gasteiger partial charge >= 0.3 is 0 Å². The first kappa shape index (κ1) is 15.8. The molecule has 122 valence electrons. The fraction of sp³-hybridized carbons (Fsp3) is 0.158. The van der Waals surface area contributed by atoms with E-state index in [1.54, 1.807) is 36.4 Å². The van der Waals surface area contributed by atoms with Gasteiger partial charge in [-0.3, -0.25) is 9.59 Å². The van der Waals surface area contributed by atoms with Gasteiger partial charge in [0.25, 0.3) is 11.8 Å². The Hall–Kier alpha value is -3.08. The zero-order valence-electron chi connectivity index (χ0n) is 13.3. The van der Waals surface area contributed by atoms with E-state index >= 15 is 0 Å². The van der Waals surface area contributed by atoms with Crippen LogP contribution >= 0.6 is 0 Å². The van der Waals surface area contributed by atoms with E-state index in [1.165, 1.54) is 7.05 Å². The third kappa shape index (κ3) is 2.88. The second-order valence-electron chi connectivity index (χ2n) is 5.56. The lowest BCUT2D eigenvalue weighted by Crippen LogP contribution is -2.34. The van der Waals surface area contributed by atoms with Gasteiger partial charge in [0.05, 0.1) is 0 Å². The minimum absolute atomic E-state index is 0.121. The Bertz CT molecular complexity index is 826. The minimum atomic E-state index is -0.384. The summed E-state index contributed by atoms with van der Waals surface area (Å²) in [6.45, 7) is 0. The van der Waals surface area contributed by atoms with Gasteiger partial charge in [-0.1, -0.05) is 30.3 Å². The van der Waals surface area contributed by atoms with Gasteiger partial charge in [-0.05, 0) is 42.2 Å². The lowest BCUT2D eigenvalue weighted by atomic mass is 10.0. The number of nitrogens with one attached hydrogen (secondary N) is 2. The maximum Gasteiger partial charge on any atom is 0.267 e. The van der Waals surface area contributed by atoms with Crippen LogP contribution in [0.15, 0.2) is 54.2 Å². The number of benzene rings is 2. The zero-order valence-corrected chi connectivity index (χ0v) is 13.3. The molecule has 5 nitrogen and oxygen atoms in total. The molecule has 0 heterocycles. The van der Waals surface area contributed by atoms with E-state index in [0.717, 1.165) is 12.0 Å². The largest absolute Gasteiger partial charge is 0.507 e. The fourth-order valence-corrected chi connectivity index (χ4v) is 2.95. The van der Waals surface area contributed by atoms with Crippen LogP contribution in [0.25, 0.3) is 5.57 Å². The minimum Gasteiger partial charge on any atom is -0.507 e. The average Bonchev–Trinajstić information content (AvgIpc) is 3.05. The number of hydrogen-bond donors (Lipinski definition) is 3. The van der Waals surface area contributed by atoms with Crippen molar-refractivity contribution in [2.45, 2.75) is 12.8 Å². The van der Waals surface area contributed by atoms with Crippen molar-refractivity contribution in [1.29, 1.82) is 0 Å². The van der Waals surface area contributed by atoms with Crippen LogP contribution in [0.4, 0.5) is 0 Å². The average molecular weight is 322 g/mol. The van der Waals surface area contributed by atoms with Crippen LogP contribution in [0.1, 0.15) is 27.9 Å². The molecule has 2 aromatic carbocycles. The molecule has 0 aromatic heterocycles. The predicted octanol–water partition coefficient (Wildman–Crippen LogP) is 2.23. The molecule has 0 atom stereocenters. The Labute approximate surface area is 140 Å². The summed E-state index contributed by atoms with van der Waals surface area (Å²) in [4.78, 5) is 24.8. The quantitative estimate of drug-likeness (QED) is 0.758. The standard InChI is InChI=1S/C19H18N2O3/c1-20-19(24)17(21-18(23)13-6-3-2-4-7-13)14-11-10-12-8-5-9-15(22)16(12)14/h2-9,22H,10-11H2,1H3,(H,20,24)(H,21,23)/b17-14-. The smallest absolute Gasteiger partial charge is 0.267 e. The van der Waals surface area contributed by atoms with E-state index in [2.05, 4.69) is 10.6 Å². The van der Waals surface area contributed by atoms with Crippen molar-refractivity contribution in [3.05, 3.63) is 70.9 Å². The number of allylic oxidation sites excluding steroid dienone is 1. The molecule has 0 saturated carbocycles. The first-order valence-electron chi connectivity index (χ1n) is 7.74. The number of likely N-dealkylation sites (N-methyl/N-ethyl adjacent to an activating group) is 1. The van der Waals surface area contributed by atoms with Crippen molar-refractivity contribution in [2.75, 3.05) is 7.05 Å². The van der Waals surface area contributed by atoms with E-state index in [1.807, 2.05) is 12.1 Å². The van der Waals surface area contributed by atoms with Crippen LogP contribution in [0.2, 0.25) is 0 Å². The van der Waals surface area contributed by atoms with Crippen LogP contribution in [-0.2, 0) is 11.2 Å². The summed E-state index contributed by atoms with van der Waals surface area (Å²) in [5.41, 5.74) is 2.93. The Morgan fingerprint density at radius 1 is 1.00 bits per heavy atom. The molecule has 3 rings (SSSR count). The zero-order chi connectivity index (χ0) is 17.1. The van der Waals surface area contributed by atoms with Gasteiger partial charge in [0.1, 0.15) is 11.4 Å². The number of aryl methyl sites for hydroxylation is 1. The van der Waals surface area contributed by atoms with Crippen molar-refractivity contribution in [2.24, 2.45) is 0 Å². The van der Waals surface area contributed by atoms with Gasteiger partial charge in [-0.2, -0.15) is 0 Å². The number of fused-ring (bicyclic) bond motifs is 1. The molecule has 0 fully saturated rings. The van der Waals surface area contributed by atoms with Crippen molar-refractivity contribution >= 4 is 17.4 Å². The lowest BCUT2D eigenvalue weighted by molar-refractivity contribution is -0.117. The van der Waals surface area contributed by atoms with Gasteiger partial charge in [-0.15, -0.1) is 0 Å². The Kier molecular flexibility index (Phi) is 4.33. The SMILES string of the molecule is CNC(=O)/C(NC(=O)c1ccccc1)=C1\CCc2cccc(O)c21. The first-order valence-corrected chi connectivity index (χ1v) is 7.74. The van der Waals surface area contributed by atoms with Crippen LogP contribution in [0.5, 0.6) is 5.75 Å². The number of aromatic hydroxyl groups is 1. The molecule has 2 amide bonds. The number of amides is 2. The third-order valence-electron chi connectivity index (χ3n) is 4.11. The summed E-state index contributed by atoms with van der Waals surface area (Å²) >= 11 is 0. The predicted molar refractivity (Wildman–Crippen MR) is 91.3 cm³/mol. The highest BCUT2D eigenvalue weighted by molar-refractivity contribution is 6.08. The number of carbonyl (C=O) groups is 2. The molecule has 1 aliphatic carbocycles. The molecule has 0 aliphatic heterocycles. The Morgan fingerprint density at radius 2 is 1.75 bits per heavy atom. The summed E-state index contributed by atoms with van der Waals surface area (Å²) in [5, 5.41) is 15.4. The van der Waals surface area contributed by atoms with Crippen LogP contribution < -0.4 is 10.6 Å².